The largest absolute Gasteiger partial charge is 0.511 e. The molecular formula is C3H7F4N2O5PS2. The van der Waals surface area contributed by atoms with Crippen molar-refractivity contribution in [3.8, 4) is 0 Å². The molecule has 0 aromatic rings. The molecule has 1 N–H and O–H groups in total. The minimum atomic E-state index is -6.10. The van der Waals surface area contributed by atoms with E-state index in [0.717, 1.165) is 0 Å². The number of nitrogens with zero attached hydrogens (tertiary/aromatic N) is 1. The van der Waals surface area contributed by atoms with E-state index in [1.807, 2.05) is 0 Å². The highest BCUT2D eigenvalue weighted by Gasteiger charge is 2.49. The van der Waals surface area contributed by atoms with E-state index in [2.05, 4.69) is 8.67 Å². The van der Waals surface area contributed by atoms with E-state index in [9.17, 15) is 34.2 Å². The topological polar surface area (TPSA) is 102 Å². The summed E-state index contributed by atoms with van der Waals surface area (Å²) < 4.78 is 97.7. The molecule has 0 aromatic heterocycles. The van der Waals surface area contributed by atoms with Crippen LogP contribution in [0.2, 0.25) is 0 Å². The van der Waals surface area contributed by atoms with Crippen LogP contribution in [-0.4, -0.2) is 35.7 Å². The molecule has 104 valence electrons. The molecule has 0 heterocycles. The third-order valence-electron chi connectivity index (χ3n) is 1.03. The Hall–Kier alpha value is -0.230. The minimum absolute atomic E-state index is 0.363. The molecule has 0 saturated heterocycles. The molecule has 0 saturated carbocycles. The lowest BCUT2D eigenvalue weighted by Gasteiger charge is -2.15. The van der Waals surface area contributed by atoms with Crippen molar-refractivity contribution in [2.24, 2.45) is 4.15 Å². The van der Waals surface area contributed by atoms with Gasteiger partial charge in [-0.25, -0.2) is 16.8 Å². The zero-order valence-corrected chi connectivity index (χ0v) is 10.8. The lowest BCUT2D eigenvalue weighted by atomic mass is 11.6. The average molecular weight is 322 g/mol. The van der Waals surface area contributed by atoms with Crippen molar-refractivity contribution in [1.82, 2.24) is 4.49 Å². The van der Waals surface area contributed by atoms with Crippen LogP contribution in [0, 0.1) is 0 Å². The van der Waals surface area contributed by atoms with Gasteiger partial charge in [0, 0.05) is 7.11 Å². The van der Waals surface area contributed by atoms with Crippen LogP contribution in [0.3, 0.4) is 0 Å². The fraction of sp³-hybridized carbons (Fsp3) is 1.00. The first kappa shape index (κ1) is 16.8. The van der Waals surface area contributed by atoms with E-state index < -0.39 is 33.3 Å². The fourth-order valence-corrected chi connectivity index (χ4v) is 4.60. The Morgan fingerprint density at radius 1 is 1.24 bits per heavy atom. The van der Waals surface area contributed by atoms with Crippen molar-refractivity contribution in [1.29, 1.82) is 0 Å². The molecule has 1 unspecified atom stereocenters. The predicted molar refractivity (Wildman–Crippen MR) is 50.4 cm³/mol. The molecular weight excluding hydrogens is 315 g/mol. The van der Waals surface area contributed by atoms with E-state index in [1.54, 1.807) is 0 Å². The van der Waals surface area contributed by atoms with Crippen molar-refractivity contribution in [3.05, 3.63) is 0 Å². The molecule has 0 amide bonds. The fourth-order valence-electron chi connectivity index (χ4n) is 0.478. The van der Waals surface area contributed by atoms with Gasteiger partial charge in [0.2, 0.25) is 0 Å². The van der Waals surface area contributed by atoms with Gasteiger partial charge in [-0.2, -0.15) is 17.4 Å². The molecule has 0 radical (unpaired) electrons. The van der Waals surface area contributed by atoms with Crippen molar-refractivity contribution in [3.63, 3.8) is 0 Å². The van der Waals surface area contributed by atoms with Gasteiger partial charge in [0.25, 0.3) is 10.0 Å². The molecule has 0 aliphatic carbocycles. The van der Waals surface area contributed by atoms with Crippen LogP contribution in [0.15, 0.2) is 4.15 Å². The highest BCUT2D eigenvalue weighted by atomic mass is 32.2. The standard InChI is InChI=1S/C3H7F4N2O5PS2/c1-14-15(7,8-16(2,10)11)9-17(12,13)3(4,5)6/h9H,1-2H3. The molecule has 14 heteroatoms. The average Bonchev–Trinajstić information content (AvgIpc) is 1.97. The summed E-state index contributed by atoms with van der Waals surface area (Å²) in [5.41, 5.74) is -5.81. The van der Waals surface area contributed by atoms with Crippen molar-refractivity contribution >= 4 is 27.8 Å². The Morgan fingerprint density at radius 2 is 1.65 bits per heavy atom. The van der Waals surface area contributed by atoms with Crippen molar-refractivity contribution in [2.45, 2.75) is 5.51 Å². The Labute approximate surface area is 94.6 Å². The van der Waals surface area contributed by atoms with Crippen LogP contribution < -0.4 is 4.49 Å². The number of hydrogen-bond donors (Lipinski definition) is 1. The van der Waals surface area contributed by atoms with Crippen LogP contribution >= 0.6 is 7.74 Å². The first-order valence-corrected chi connectivity index (χ1v) is 8.30. The molecule has 0 rings (SSSR count). The molecule has 0 aliphatic rings. The summed E-state index contributed by atoms with van der Waals surface area (Å²) in [5, 5.41) is 0. The molecule has 0 spiro atoms. The second kappa shape index (κ2) is 4.80. The van der Waals surface area contributed by atoms with Gasteiger partial charge in [-0.3, -0.25) is 0 Å². The summed E-state index contributed by atoms with van der Waals surface area (Å²) in [6.07, 6.45) is 0.363. The van der Waals surface area contributed by atoms with E-state index in [-0.39, 0.29) is 0 Å². The Balaban J connectivity index is 5.60. The smallest absolute Gasteiger partial charge is 0.311 e. The summed E-state index contributed by atoms with van der Waals surface area (Å²) in [7, 11) is -15.4. The van der Waals surface area contributed by atoms with Gasteiger partial charge in [-0.1, -0.05) is 0 Å². The maximum Gasteiger partial charge on any atom is 0.511 e. The lowest BCUT2D eigenvalue weighted by Crippen LogP contribution is -2.34. The third-order valence-corrected chi connectivity index (χ3v) is 6.01. The van der Waals surface area contributed by atoms with Crippen LogP contribution in [-0.2, 0) is 24.6 Å². The SMILES string of the molecule is COP(F)(=NS(C)(=O)=O)NS(=O)(=O)C(F)(F)F. The van der Waals surface area contributed by atoms with Gasteiger partial charge in [-0.05, 0) is 0 Å². The first-order valence-electron chi connectivity index (χ1n) is 3.42. The summed E-state index contributed by atoms with van der Waals surface area (Å²) in [6.45, 7) is 0. The summed E-state index contributed by atoms with van der Waals surface area (Å²) >= 11 is 0. The van der Waals surface area contributed by atoms with Gasteiger partial charge >= 0.3 is 23.3 Å². The number of nitrogens with one attached hydrogen (secondary N) is 1. The third kappa shape index (κ3) is 5.29. The highest BCUT2D eigenvalue weighted by molar-refractivity contribution is 7.98. The van der Waals surface area contributed by atoms with Crippen LogP contribution in [0.5, 0.6) is 0 Å². The zero-order chi connectivity index (χ0) is 14.1. The van der Waals surface area contributed by atoms with Gasteiger partial charge < -0.3 is 4.52 Å². The molecule has 0 bridgehead atoms. The number of halogens is 4. The van der Waals surface area contributed by atoms with E-state index >= 15 is 0 Å². The number of rotatable bonds is 4. The maximum atomic E-state index is 13.4. The van der Waals surface area contributed by atoms with Crippen molar-refractivity contribution < 1.29 is 38.7 Å². The van der Waals surface area contributed by atoms with Gasteiger partial charge in [-0.15, -0.1) is 8.64 Å². The molecule has 7 nitrogen and oxygen atoms in total. The quantitative estimate of drug-likeness (QED) is 0.613. The molecule has 1 atom stereocenters. The van der Waals surface area contributed by atoms with Crippen molar-refractivity contribution in [2.75, 3.05) is 13.4 Å². The van der Waals surface area contributed by atoms with Crippen LogP contribution in [0.4, 0.5) is 17.4 Å². The van der Waals surface area contributed by atoms with E-state index in [4.69, 9.17) is 0 Å². The Kier molecular flexibility index (Phi) is 4.74. The number of alkyl halides is 3. The second-order valence-corrected chi connectivity index (χ2v) is 8.23. The zero-order valence-electron chi connectivity index (χ0n) is 8.26. The highest BCUT2D eigenvalue weighted by Crippen LogP contribution is 2.50. The summed E-state index contributed by atoms with van der Waals surface area (Å²) in [6, 6.07) is 0. The second-order valence-electron chi connectivity index (χ2n) is 2.54. The number of hydrogen-bond acceptors (Lipinski definition) is 5. The molecule has 0 fully saturated rings. The Bertz CT molecular complexity index is 536. The molecule has 0 aliphatic heterocycles. The van der Waals surface area contributed by atoms with Crippen LogP contribution in [0.25, 0.3) is 0 Å². The first-order chi connectivity index (χ1) is 7.22. The molecule has 0 aromatic carbocycles. The van der Waals surface area contributed by atoms with E-state index in [0.29, 0.717) is 17.9 Å². The number of sulfonamides is 2. The monoisotopic (exact) mass is 322 g/mol. The normalized spacial score (nSPS) is 17.5. The maximum absolute atomic E-state index is 13.4. The van der Waals surface area contributed by atoms with Gasteiger partial charge in [0.15, 0.2) is 0 Å². The predicted octanol–water partition coefficient (Wildman–Crippen LogP) is 0.947. The molecule has 17 heavy (non-hydrogen) atoms. The van der Waals surface area contributed by atoms with Gasteiger partial charge in [0.05, 0.1) is 6.26 Å². The lowest BCUT2D eigenvalue weighted by molar-refractivity contribution is -0.0442. The van der Waals surface area contributed by atoms with Gasteiger partial charge in [0.1, 0.15) is 0 Å². The minimum Gasteiger partial charge on any atom is -0.311 e. The van der Waals surface area contributed by atoms with Crippen LogP contribution in [0.1, 0.15) is 0 Å². The summed E-state index contributed by atoms with van der Waals surface area (Å²) in [4.78, 5) is 0. The van der Waals surface area contributed by atoms with E-state index in [1.165, 1.54) is 0 Å². The summed E-state index contributed by atoms with van der Waals surface area (Å²) in [5.74, 6) is 0. The Morgan fingerprint density at radius 3 is 1.88 bits per heavy atom.